The van der Waals surface area contributed by atoms with Gasteiger partial charge in [-0.1, -0.05) is 6.92 Å². The third-order valence-electron chi connectivity index (χ3n) is 4.07. The van der Waals surface area contributed by atoms with Crippen LogP contribution in [0.2, 0.25) is 0 Å². The Hall–Kier alpha value is -0.820. The molecule has 0 aromatic heterocycles. The van der Waals surface area contributed by atoms with Crippen molar-refractivity contribution in [2.45, 2.75) is 45.4 Å². The van der Waals surface area contributed by atoms with Crippen molar-refractivity contribution in [3.05, 3.63) is 0 Å². The average molecular weight is 297 g/mol. The standard InChI is InChI=1S/C13H22F3NO3/c1-3-12(8-18)4-6-17(7-5-12)11(19)10(2)20-9-13(14,15)16/h10,18H,3-9H2,1-2H3. The number of rotatable bonds is 5. The van der Waals surface area contributed by atoms with E-state index in [4.69, 9.17) is 0 Å². The summed E-state index contributed by atoms with van der Waals surface area (Å²) < 4.78 is 40.7. The molecule has 1 saturated heterocycles. The lowest BCUT2D eigenvalue weighted by atomic mass is 9.77. The van der Waals surface area contributed by atoms with Gasteiger partial charge in [0.2, 0.25) is 0 Å². The summed E-state index contributed by atoms with van der Waals surface area (Å²) in [6, 6.07) is 0. The second kappa shape index (κ2) is 6.76. The number of carbonyl (C=O) groups is 1. The van der Waals surface area contributed by atoms with Gasteiger partial charge in [-0.3, -0.25) is 4.79 Å². The van der Waals surface area contributed by atoms with E-state index in [0.717, 1.165) is 6.42 Å². The van der Waals surface area contributed by atoms with E-state index in [1.54, 1.807) is 0 Å². The molecule has 1 fully saturated rings. The van der Waals surface area contributed by atoms with Crippen LogP contribution in [0.4, 0.5) is 13.2 Å². The van der Waals surface area contributed by atoms with Gasteiger partial charge in [0.15, 0.2) is 0 Å². The van der Waals surface area contributed by atoms with Crippen molar-refractivity contribution in [3.8, 4) is 0 Å². The highest BCUT2D eigenvalue weighted by atomic mass is 19.4. The molecule has 0 aromatic rings. The van der Waals surface area contributed by atoms with Crippen LogP contribution in [-0.2, 0) is 9.53 Å². The number of hydrogen-bond donors (Lipinski definition) is 1. The summed E-state index contributed by atoms with van der Waals surface area (Å²) in [7, 11) is 0. The minimum atomic E-state index is -4.43. The van der Waals surface area contributed by atoms with Gasteiger partial charge in [-0.05, 0) is 31.6 Å². The summed E-state index contributed by atoms with van der Waals surface area (Å²) >= 11 is 0. The van der Waals surface area contributed by atoms with Crippen molar-refractivity contribution in [2.75, 3.05) is 26.3 Å². The van der Waals surface area contributed by atoms with E-state index < -0.39 is 24.8 Å². The monoisotopic (exact) mass is 297 g/mol. The molecular weight excluding hydrogens is 275 g/mol. The van der Waals surface area contributed by atoms with Crippen LogP contribution < -0.4 is 0 Å². The largest absolute Gasteiger partial charge is 0.411 e. The fourth-order valence-electron chi connectivity index (χ4n) is 2.37. The lowest BCUT2D eigenvalue weighted by Gasteiger charge is -2.40. The summed E-state index contributed by atoms with van der Waals surface area (Å²) in [5.41, 5.74) is -0.160. The van der Waals surface area contributed by atoms with Gasteiger partial charge in [-0.2, -0.15) is 13.2 Å². The highest BCUT2D eigenvalue weighted by Crippen LogP contribution is 2.34. The molecule has 1 heterocycles. The molecule has 1 aliphatic rings. The average Bonchev–Trinajstić information content (AvgIpc) is 2.43. The number of alkyl halides is 3. The third-order valence-corrected chi connectivity index (χ3v) is 4.07. The Labute approximate surface area is 116 Å². The van der Waals surface area contributed by atoms with Gasteiger partial charge in [0.05, 0.1) is 0 Å². The number of ether oxygens (including phenoxy) is 1. The van der Waals surface area contributed by atoms with Crippen molar-refractivity contribution in [1.29, 1.82) is 0 Å². The van der Waals surface area contributed by atoms with Gasteiger partial charge in [0.1, 0.15) is 12.7 Å². The Morgan fingerprint density at radius 2 is 1.95 bits per heavy atom. The maximum absolute atomic E-state index is 12.0. The number of aliphatic hydroxyl groups excluding tert-OH is 1. The van der Waals surface area contributed by atoms with Crippen LogP contribution in [0, 0.1) is 5.41 Å². The van der Waals surface area contributed by atoms with Gasteiger partial charge >= 0.3 is 6.18 Å². The van der Waals surface area contributed by atoms with Gasteiger partial charge in [0.25, 0.3) is 5.91 Å². The Morgan fingerprint density at radius 3 is 2.35 bits per heavy atom. The van der Waals surface area contributed by atoms with Crippen LogP contribution in [0.15, 0.2) is 0 Å². The lowest BCUT2D eigenvalue weighted by molar-refractivity contribution is -0.189. The number of carbonyl (C=O) groups excluding carboxylic acids is 1. The molecule has 7 heteroatoms. The zero-order chi connectivity index (χ0) is 15.4. The molecule has 20 heavy (non-hydrogen) atoms. The third kappa shape index (κ3) is 4.63. The van der Waals surface area contributed by atoms with Gasteiger partial charge in [0, 0.05) is 19.7 Å². The molecule has 0 aliphatic carbocycles. The van der Waals surface area contributed by atoms with E-state index >= 15 is 0 Å². The first-order valence-corrected chi connectivity index (χ1v) is 6.81. The Morgan fingerprint density at radius 1 is 1.40 bits per heavy atom. The molecule has 0 bridgehead atoms. The van der Waals surface area contributed by atoms with Crippen molar-refractivity contribution in [2.24, 2.45) is 5.41 Å². The molecule has 1 N–H and O–H groups in total. The number of hydrogen-bond acceptors (Lipinski definition) is 3. The molecule has 4 nitrogen and oxygen atoms in total. The predicted octanol–water partition coefficient (Wildman–Crippen LogP) is 1.96. The number of piperidine rings is 1. The van der Waals surface area contributed by atoms with E-state index in [9.17, 15) is 23.1 Å². The Kier molecular flexibility index (Phi) is 5.82. The van der Waals surface area contributed by atoms with Crippen LogP contribution in [-0.4, -0.2) is 54.5 Å². The zero-order valence-corrected chi connectivity index (χ0v) is 11.9. The molecule has 0 aromatic carbocycles. The van der Waals surface area contributed by atoms with Crippen LogP contribution in [0.3, 0.4) is 0 Å². The van der Waals surface area contributed by atoms with Crippen LogP contribution in [0.25, 0.3) is 0 Å². The van der Waals surface area contributed by atoms with E-state index in [0.29, 0.717) is 25.9 Å². The lowest BCUT2D eigenvalue weighted by Crippen LogP contribution is -2.48. The number of nitrogens with zero attached hydrogens (tertiary/aromatic N) is 1. The van der Waals surface area contributed by atoms with E-state index in [1.807, 2.05) is 6.92 Å². The normalized spacial score (nSPS) is 20.8. The zero-order valence-electron chi connectivity index (χ0n) is 11.9. The van der Waals surface area contributed by atoms with Crippen molar-refractivity contribution in [3.63, 3.8) is 0 Å². The summed E-state index contributed by atoms with van der Waals surface area (Å²) in [5.74, 6) is -0.420. The summed E-state index contributed by atoms with van der Waals surface area (Å²) in [4.78, 5) is 13.5. The van der Waals surface area contributed by atoms with Crippen LogP contribution in [0.1, 0.15) is 33.1 Å². The highest BCUT2D eigenvalue weighted by molar-refractivity contribution is 5.80. The number of aliphatic hydroxyl groups is 1. The molecule has 1 atom stereocenters. The molecule has 0 spiro atoms. The Bertz CT molecular complexity index is 319. The first-order chi connectivity index (χ1) is 9.23. The summed E-state index contributed by atoms with van der Waals surface area (Å²) in [5, 5.41) is 9.40. The molecule has 1 aliphatic heterocycles. The minimum absolute atomic E-state index is 0.0751. The fourth-order valence-corrected chi connectivity index (χ4v) is 2.37. The predicted molar refractivity (Wildman–Crippen MR) is 67.1 cm³/mol. The second-order valence-corrected chi connectivity index (χ2v) is 5.41. The molecule has 1 amide bonds. The number of amides is 1. The summed E-state index contributed by atoms with van der Waals surface area (Å²) in [6.07, 6.45) is -3.37. The first-order valence-electron chi connectivity index (χ1n) is 6.81. The Balaban J connectivity index is 2.46. The SMILES string of the molecule is CCC1(CO)CCN(C(=O)C(C)OCC(F)(F)F)CC1. The van der Waals surface area contributed by atoms with E-state index in [-0.39, 0.29) is 12.0 Å². The number of likely N-dealkylation sites (tertiary alicyclic amines) is 1. The second-order valence-electron chi connectivity index (χ2n) is 5.41. The molecular formula is C13H22F3NO3. The quantitative estimate of drug-likeness (QED) is 0.844. The summed E-state index contributed by atoms with van der Waals surface area (Å²) in [6.45, 7) is 2.89. The highest BCUT2D eigenvalue weighted by Gasteiger charge is 2.36. The fraction of sp³-hybridized carbons (Fsp3) is 0.923. The van der Waals surface area contributed by atoms with Crippen molar-refractivity contribution >= 4 is 5.91 Å². The van der Waals surface area contributed by atoms with Gasteiger partial charge in [-0.15, -0.1) is 0 Å². The van der Waals surface area contributed by atoms with Crippen molar-refractivity contribution < 1.29 is 27.8 Å². The van der Waals surface area contributed by atoms with Gasteiger partial charge in [-0.25, -0.2) is 0 Å². The van der Waals surface area contributed by atoms with Gasteiger partial charge < -0.3 is 14.7 Å². The van der Waals surface area contributed by atoms with Crippen molar-refractivity contribution in [1.82, 2.24) is 4.90 Å². The maximum atomic E-state index is 12.0. The van der Waals surface area contributed by atoms with Crippen LogP contribution >= 0.6 is 0 Å². The van der Waals surface area contributed by atoms with E-state index in [2.05, 4.69) is 4.74 Å². The van der Waals surface area contributed by atoms with E-state index in [1.165, 1.54) is 11.8 Å². The topological polar surface area (TPSA) is 49.8 Å². The molecule has 1 unspecified atom stereocenters. The van der Waals surface area contributed by atoms with Crippen LogP contribution in [0.5, 0.6) is 0 Å². The first kappa shape index (κ1) is 17.2. The number of halogens is 3. The molecule has 118 valence electrons. The minimum Gasteiger partial charge on any atom is -0.396 e. The maximum Gasteiger partial charge on any atom is 0.411 e. The molecule has 1 rings (SSSR count). The molecule has 0 radical (unpaired) electrons. The smallest absolute Gasteiger partial charge is 0.396 e. The molecule has 0 saturated carbocycles.